The third-order valence-corrected chi connectivity index (χ3v) is 5.51. The van der Waals surface area contributed by atoms with Gasteiger partial charge in [0.2, 0.25) is 15.9 Å². The van der Waals surface area contributed by atoms with Gasteiger partial charge in [-0.2, -0.15) is 0 Å². The van der Waals surface area contributed by atoms with Gasteiger partial charge in [0.25, 0.3) is 0 Å². The van der Waals surface area contributed by atoms with Crippen molar-refractivity contribution in [2.45, 2.75) is 11.3 Å². The number of amides is 1. The van der Waals surface area contributed by atoms with Crippen LogP contribution in [-0.2, 0) is 21.2 Å². The Labute approximate surface area is 186 Å². The summed E-state index contributed by atoms with van der Waals surface area (Å²) in [6.07, 6.45) is -0.504. The molecule has 0 saturated heterocycles. The Morgan fingerprint density at radius 1 is 1.06 bits per heavy atom. The molecule has 0 atom stereocenters. The molecule has 31 heavy (non-hydrogen) atoms. The minimum atomic E-state index is -4.23. The fraction of sp³-hybridized carbons (Fsp3) is 0.0500. The minimum absolute atomic E-state index is 0.0612. The van der Waals surface area contributed by atoms with Crippen molar-refractivity contribution in [3.05, 3.63) is 81.8 Å². The smallest absolute Gasteiger partial charge is 0.241 e. The number of nitrogens with two attached hydrogens (primary N) is 1. The van der Waals surface area contributed by atoms with Crippen LogP contribution in [0.5, 0.6) is 11.5 Å². The quantitative estimate of drug-likeness (QED) is 0.517. The van der Waals surface area contributed by atoms with Gasteiger partial charge in [0.15, 0.2) is 0 Å². The molecule has 0 unspecified atom stereocenters. The Morgan fingerprint density at radius 2 is 1.81 bits per heavy atom. The third-order valence-electron chi connectivity index (χ3n) is 4.00. The van der Waals surface area contributed by atoms with Crippen molar-refractivity contribution in [3.63, 3.8) is 0 Å². The van der Waals surface area contributed by atoms with E-state index in [1.54, 1.807) is 18.2 Å². The molecule has 0 spiro atoms. The highest BCUT2D eigenvalue weighted by molar-refractivity contribution is 7.89. The van der Waals surface area contributed by atoms with E-state index in [1.807, 2.05) is 0 Å². The zero-order valence-electron chi connectivity index (χ0n) is 15.5. The average Bonchev–Trinajstić information content (AvgIpc) is 2.65. The SMILES string of the molecule is NS(=O)(=O)c1cc(NC(=O)Cc2c(F)cc(F)cc2Cl)ccc1Oc1cccc(Cl)c1. The van der Waals surface area contributed by atoms with Gasteiger partial charge in [0, 0.05) is 22.3 Å². The number of benzene rings is 3. The van der Waals surface area contributed by atoms with Crippen LogP contribution >= 0.6 is 23.2 Å². The van der Waals surface area contributed by atoms with Crippen LogP contribution in [0.15, 0.2) is 59.5 Å². The summed E-state index contributed by atoms with van der Waals surface area (Å²) in [6.45, 7) is 0. The van der Waals surface area contributed by atoms with E-state index in [0.717, 1.165) is 12.1 Å². The van der Waals surface area contributed by atoms with Crippen molar-refractivity contribution in [3.8, 4) is 11.5 Å². The molecule has 0 saturated carbocycles. The molecule has 3 aromatic rings. The topological polar surface area (TPSA) is 98.5 Å². The molecule has 3 aromatic carbocycles. The summed E-state index contributed by atoms with van der Waals surface area (Å²) in [6, 6.07) is 11.5. The van der Waals surface area contributed by atoms with E-state index >= 15 is 0 Å². The fourth-order valence-corrected chi connectivity index (χ4v) is 3.78. The van der Waals surface area contributed by atoms with E-state index < -0.39 is 38.9 Å². The van der Waals surface area contributed by atoms with Crippen molar-refractivity contribution in [2.24, 2.45) is 5.14 Å². The summed E-state index contributed by atoms with van der Waals surface area (Å²) >= 11 is 11.7. The molecule has 162 valence electrons. The van der Waals surface area contributed by atoms with Crippen molar-refractivity contribution < 1.29 is 26.7 Å². The minimum Gasteiger partial charge on any atom is -0.456 e. The van der Waals surface area contributed by atoms with Gasteiger partial charge in [-0.05, 0) is 42.5 Å². The van der Waals surface area contributed by atoms with E-state index in [1.165, 1.54) is 18.2 Å². The first-order valence-electron chi connectivity index (χ1n) is 8.56. The summed E-state index contributed by atoms with van der Waals surface area (Å²) in [5.41, 5.74) is -0.140. The molecule has 3 rings (SSSR count). The maximum atomic E-state index is 13.9. The molecule has 6 nitrogen and oxygen atoms in total. The van der Waals surface area contributed by atoms with Crippen LogP contribution in [0.4, 0.5) is 14.5 Å². The van der Waals surface area contributed by atoms with Crippen molar-refractivity contribution in [2.75, 3.05) is 5.32 Å². The molecule has 0 bridgehead atoms. The Balaban J connectivity index is 1.85. The Hall–Kier alpha value is -2.72. The van der Waals surface area contributed by atoms with Gasteiger partial charge in [-0.1, -0.05) is 29.3 Å². The molecule has 3 N–H and O–H groups in total. The molecule has 0 fully saturated rings. The number of carbonyl (C=O) groups excluding carboxylic acids is 1. The highest BCUT2D eigenvalue weighted by Crippen LogP contribution is 2.32. The van der Waals surface area contributed by atoms with Gasteiger partial charge in [0.05, 0.1) is 11.4 Å². The number of nitrogens with one attached hydrogen (secondary N) is 1. The monoisotopic (exact) mass is 486 g/mol. The number of sulfonamides is 1. The third kappa shape index (κ3) is 5.92. The van der Waals surface area contributed by atoms with Crippen LogP contribution in [0.2, 0.25) is 10.0 Å². The standard InChI is InChI=1S/C20H14Cl2F2N2O4S/c21-11-2-1-3-14(6-11)30-18-5-4-13(9-19(18)31(25,28)29)26-20(27)10-15-16(22)7-12(23)8-17(15)24/h1-9H,10H2,(H,26,27)(H2,25,28,29). The first kappa shape index (κ1) is 23.0. The zero-order valence-corrected chi connectivity index (χ0v) is 17.9. The number of carbonyl (C=O) groups is 1. The number of hydrogen-bond acceptors (Lipinski definition) is 4. The van der Waals surface area contributed by atoms with Crippen LogP contribution in [0.1, 0.15) is 5.56 Å². The van der Waals surface area contributed by atoms with E-state index in [4.69, 9.17) is 33.1 Å². The molecule has 11 heteroatoms. The highest BCUT2D eigenvalue weighted by atomic mass is 35.5. The van der Waals surface area contributed by atoms with Crippen LogP contribution in [0.25, 0.3) is 0 Å². The largest absolute Gasteiger partial charge is 0.456 e. The van der Waals surface area contributed by atoms with Crippen molar-refractivity contribution in [1.82, 2.24) is 0 Å². The molecule has 0 aliphatic carbocycles. The molecular weight excluding hydrogens is 473 g/mol. The molecule has 0 aromatic heterocycles. The molecule has 0 heterocycles. The van der Waals surface area contributed by atoms with Crippen molar-refractivity contribution in [1.29, 1.82) is 0 Å². The number of hydrogen-bond donors (Lipinski definition) is 2. The van der Waals surface area contributed by atoms with Gasteiger partial charge in [-0.25, -0.2) is 22.3 Å². The number of rotatable bonds is 6. The van der Waals surface area contributed by atoms with Crippen molar-refractivity contribution >= 4 is 44.8 Å². The lowest BCUT2D eigenvalue weighted by atomic mass is 10.1. The van der Waals surface area contributed by atoms with Crippen LogP contribution in [0.3, 0.4) is 0 Å². The second-order valence-electron chi connectivity index (χ2n) is 6.34. The van der Waals surface area contributed by atoms with E-state index in [9.17, 15) is 22.0 Å². The van der Waals surface area contributed by atoms with Crippen LogP contribution < -0.4 is 15.2 Å². The summed E-state index contributed by atoms with van der Waals surface area (Å²) in [5, 5.41) is 7.82. The Bertz CT molecular complexity index is 1250. The predicted octanol–water partition coefficient (Wildman–Crippen LogP) is 4.89. The number of anilines is 1. The summed E-state index contributed by atoms with van der Waals surface area (Å²) in [4.78, 5) is 11.9. The molecule has 0 aliphatic heterocycles. The lowest BCUT2D eigenvalue weighted by Crippen LogP contribution is -2.17. The zero-order chi connectivity index (χ0) is 22.8. The second kappa shape index (κ2) is 9.19. The predicted molar refractivity (Wildman–Crippen MR) is 113 cm³/mol. The molecule has 1 amide bonds. The molecule has 0 radical (unpaired) electrons. The van der Waals surface area contributed by atoms with Gasteiger partial charge < -0.3 is 10.1 Å². The lowest BCUT2D eigenvalue weighted by molar-refractivity contribution is -0.115. The van der Waals surface area contributed by atoms with Crippen LogP contribution in [0, 0.1) is 11.6 Å². The summed E-state index contributed by atoms with van der Waals surface area (Å²) in [7, 11) is -4.23. The summed E-state index contributed by atoms with van der Waals surface area (Å²) < 4.78 is 56.6. The van der Waals surface area contributed by atoms with E-state index in [-0.39, 0.29) is 27.8 Å². The first-order chi connectivity index (χ1) is 14.5. The summed E-state index contributed by atoms with van der Waals surface area (Å²) in [5.74, 6) is -2.38. The molecule has 0 aliphatic rings. The van der Waals surface area contributed by atoms with Gasteiger partial charge >= 0.3 is 0 Å². The second-order valence-corrected chi connectivity index (χ2v) is 8.71. The maximum absolute atomic E-state index is 13.9. The average molecular weight is 487 g/mol. The Morgan fingerprint density at radius 3 is 2.45 bits per heavy atom. The van der Waals surface area contributed by atoms with E-state index in [2.05, 4.69) is 5.32 Å². The lowest BCUT2D eigenvalue weighted by Gasteiger charge is -2.13. The highest BCUT2D eigenvalue weighted by Gasteiger charge is 2.19. The molecular formula is C20H14Cl2F2N2O4S. The first-order valence-corrected chi connectivity index (χ1v) is 10.9. The van der Waals surface area contributed by atoms with Gasteiger partial charge in [-0.15, -0.1) is 0 Å². The number of primary sulfonamides is 1. The van der Waals surface area contributed by atoms with E-state index in [0.29, 0.717) is 11.1 Å². The number of ether oxygens (including phenoxy) is 1. The number of halogens is 4. The fourth-order valence-electron chi connectivity index (χ4n) is 2.66. The van der Waals surface area contributed by atoms with Gasteiger partial charge in [-0.3, -0.25) is 4.79 Å². The van der Waals surface area contributed by atoms with Crippen LogP contribution in [-0.4, -0.2) is 14.3 Å². The normalized spacial score (nSPS) is 11.3. The Kier molecular flexibility index (Phi) is 6.80. The maximum Gasteiger partial charge on any atom is 0.241 e. The van der Waals surface area contributed by atoms with Gasteiger partial charge in [0.1, 0.15) is 28.0 Å².